The fourth-order valence-electron chi connectivity index (χ4n) is 6.48. The lowest BCUT2D eigenvalue weighted by molar-refractivity contribution is 0.00757. The molecule has 0 heterocycles. The summed E-state index contributed by atoms with van der Waals surface area (Å²) >= 11 is 0. The van der Waals surface area contributed by atoms with Gasteiger partial charge in [-0.1, -0.05) is 44.9 Å². The summed E-state index contributed by atoms with van der Waals surface area (Å²) in [6.07, 6.45) is 5.94. The molecule has 3 aliphatic carbocycles. The summed E-state index contributed by atoms with van der Waals surface area (Å²) in [5.74, 6) is 1.81. The number of halogens is 2. The monoisotopic (exact) mass is 363 g/mol. The zero-order chi connectivity index (χ0) is 19.3. The van der Waals surface area contributed by atoms with Crippen molar-refractivity contribution in [2.24, 2.45) is 28.6 Å². The molecule has 0 bridgehead atoms. The molecule has 1 N–H and O–H groups in total. The van der Waals surface area contributed by atoms with Crippen molar-refractivity contribution in [3.8, 4) is 0 Å². The lowest BCUT2D eigenvalue weighted by atomic mass is 9.52. The summed E-state index contributed by atoms with van der Waals surface area (Å²) in [5, 5.41) is 7.94. The summed E-state index contributed by atoms with van der Waals surface area (Å²) < 4.78 is 26.5. The van der Waals surface area contributed by atoms with Gasteiger partial charge in [0.1, 0.15) is 5.71 Å². The van der Waals surface area contributed by atoms with Gasteiger partial charge in [0, 0.05) is 0 Å². The van der Waals surface area contributed by atoms with Crippen LogP contribution in [-0.2, 0) is 0 Å². The van der Waals surface area contributed by atoms with E-state index in [-0.39, 0.29) is 5.41 Å². The number of hydrogen-bond donors (Lipinski definition) is 1. The summed E-state index contributed by atoms with van der Waals surface area (Å²) in [6, 6.07) is 0. The maximum absolute atomic E-state index is 13.3. The van der Waals surface area contributed by atoms with Crippen LogP contribution < -0.4 is 0 Å². The van der Waals surface area contributed by atoms with E-state index in [1.807, 2.05) is 6.92 Å². The van der Waals surface area contributed by atoms with Crippen molar-refractivity contribution in [3.05, 3.63) is 23.3 Å². The van der Waals surface area contributed by atoms with E-state index in [2.05, 4.69) is 27.4 Å². The predicted molar refractivity (Wildman–Crippen MR) is 105 cm³/mol. The predicted octanol–water partition coefficient (Wildman–Crippen LogP) is 7.19. The van der Waals surface area contributed by atoms with Crippen molar-refractivity contribution >= 4 is 5.71 Å². The second-order valence-corrected chi connectivity index (χ2v) is 9.69. The lowest BCUT2D eigenvalue weighted by Gasteiger charge is -2.53. The molecule has 5 atom stereocenters. The molecule has 3 rings (SSSR count). The van der Waals surface area contributed by atoms with Gasteiger partial charge in [0.15, 0.2) is 0 Å². The molecular formula is C23H35F2N. The van der Waals surface area contributed by atoms with Gasteiger partial charge in [-0.05, 0) is 86.0 Å². The van der Waals surface area contributed by atoms with Crippen LogP contribution in [0.1, 0.15) is 79.1 Å². The average molecular weight is 364 g/mol. The van der Waals surface area contributed by atoms with E-state index in [0.29, 0.717) is 35.2 Å². The van der Waals surface area contributed by atoms with E-state index in [1.165, 1.54) is 31.3 Å². The lowest BCUT2D eigenvalue weighted by Crippen LogP contribution is -2.44. The topological polar surface area (TPSA) is 23.9 Å². The fraction of sp³-hybridized carbons (Fsp3) is 0.783. The summed E-state index contributed by atoms with van der Waals surface area (Å²) in [4.78, 5) is 0. The Balaban J connectivity index is 1.88. The highest BCUT2D eigenvalue weighted by Crippen LogP contribution is 2.62. The van der Waals surface area contributed by atoms with Crippen LogP contribution in [0.2, 0.25) is 0 Å². The van der Waals surface area contributed by atoms with Crippen LogP contribution in [0.5, 0.6) is 0 Å². The molecule has 3 heteroatoms. The zero-order valence-corrected chi connectivity index (χ0v) is 16.9. The number of fused-ring (bicyclic) bond motifs is 1. The number of allylic oxidation sites excluding steroid dienone is 3. The number of alkyl halides is 2. The molecular weight excluding hydrogens is 328 g/mol. The van der Waals surface area contributed by atoms with E-state index in [4.69, 9.17) is 5.41 Å². The van der Waals surface area contributed by atoms with E-state index >= 15 is 0 Å². The largest absolute Gasteiger partial charge is 0.299 e. The molecule has 2 fully saturated rings. The first kappa shape index (κ1) is 19.8. The van der Waals surface area contributed by atoms with Gasteiger partial charge >= 0.3 is 0 Å². The maximum Gasteiger partial charge on any atom is 0.279 e. The normalized spacial score (nSPS) is 40.9. The van der Waals surface area contributed by atoms with Crippen LogP contribution in [0.3, 0.4) is 0 Å². The Morgan fingerprint density at radius 2 is 1.96 bits per heavy atom. The third-order valence-electron chi connectivity index (χ3n) is 8.61. The molecule has 0 saturated heterocycles. The Morgan fingerprint density at radius 3 is 2.58 bits per heavy atom. The van der Waals surface area contributed by atoms with Gasteiger partial charge < -0.3 is 0 Å². The third-order valence-corrected chi connectivity index (χ3v) is 8.61. The molecule has 0 spiro atoms. The highest BCUT2D eigenvalue weighted by molar-refractivity contribution is 6.00. The quantitative estimate of drug-likeness (QED) is 0.404. The van der Waals surface area contributed by atoms with Gasteiger partial charge in [0.2, 0.25) is 0 Å². The van der Waals surface area contributed by atoms with Crippen molar-refractivity contribution in [2.75, 3.05) is 0 Å². The Kier molecular flexibility index (Phi) is 5.22. The first-order valence-electron chi connectivity index (χ1n) is 10.4. The molecule has 0 radical (unpaired) electrons. The molecule has 0 aromatic rings. The summed E-state index contributed by atoms with van der Waals surface area (Å²) in [6.45, 7) is 13.3. The number of rotatable bonds is 4. The molecule has 0 aromatic carbocycles. The molecule has 2 saturated carbocycles. The van der Waals surface area contributed by atoms with E-state index < -0.39 is 12.1 Å². The van der Waals surface area contributed by atoms with Crippen molar-refractivity contribution < 1.29 is 8.78 Å². The van der Waals surface area contributed by atoms with Crippen LogP contribution in [0.25, 0.3) is 0 Å². The molecule has 1 nitrogen and oxygen atoms in total. The van der Waals surface area contributed by atoms with Crippen LogP contribution in [0.15, 0.2) is 23.3 Å². The average Bonchev–Trinajstić information content (AvgIpc) is 2.90. The van der Waals surface area contributed by atoms with Crippen molar-refractivity contribution in [1.29, 1.82) is 5.41 Å². The Labute approximate surface area is 157 Å². The molecule has 3 aliphatic rings. The van der Waals surface area contributed by atoms with Crippen LogP contribution in [0, 0.1) is 34.0 Å². The molecule has 0 amide bonds. The second kappa shape index (κ2) is 6.87. The highest BCUT2D eigenvalue weighted by Gasteiger charge is 2.52. The van der Waals surface area contributed by atoms with Gasteiger partial charge in [0.25, 0.3) is 6.43 Å². The fourth-order valence-corrected chi connectivity index (χ4v) is 6.48. The van der Waals surface area contributed by atoms with Gasteiger partial charge in [-0.2, -0.15) is 0 Å². The standard InChI is InChI=1S/C23H35F2N/c1-6-16-11-14(2)19(20(26)21(24)25)13-23(16,5)18-9-10-22(4)15(3)7-8-17(22)12-18/h16-18,21,26H,3,6-13H2,1-2,4-5H3. The van der Waals surface area contributed by atoms with Crippen molar-refractivity contribution in [3.63, 3.8) is 0 Å². The minimum Gasteiger partial charge on any atom is -0.299 e. The highest BCUT2D eigenvalue weighted by atomic mass is 19.3. The molecule has 146 valence electrons. The Morgan fingerprint density at radius 1 is 1.27 bits per heavy atom. The van der Waals surface area contributed by atoms with Gasteiger partial charge in [0.05, 0.1) is 0 Å². The van der Waals surface area contributed by atoms with Crippen LogP contribution in [0.4, 0.5) is 8.78 Å². The maximum atomic E-state index is 13.3. The third kappa shape index (κ3) is 2.99. The first-order valence-corrected chi connectivity index (χ1v) is 10.4. The summed E-state index contributed by atoms with van der Waals surface area (Å²) in [5.41, 5.74) is 3.01. The zero-order valence-electron chi connectivity index (χ0n) is 16.9. The smallest absolute Gasteiger partial charge is 0.279 e. The molecule has 0 aromatic heterocycles. The van der Waals surface area contributed by atoms with Gasteiger partial charge in [-0.25, -0.2) is 8.78 Å². The Bertz CT molecular complexity index is 634. The number of nitrogens with one attached hydrogen (secondary N) is 1. The minimum atomic E-state index is -2.66. The second-order valence-electron chi connectivity index (χ2n) is 9.69. The molecule has 0 aliphatic heterocycles. The van der Waals surface area contributed by atoms with Gasteiger partial charge in [-0.3, -0.25) is 5.41 Å². The Hall–Kier alpha value is -0.990. The van der Waals surface area contributed by atoms with Crippen LogP contribution >= 0.6 is 0 Å². The van der Waals surface area contributed by atoms with Gasteiger partial charge in [-0.15, -0.1) is 0 Å². The van der Waals surface area contributed by atoms with E-state index in [0.717, 1.165) is 24.8 Å². The number of hydrogen-bond acceptors (Lipinski definition) is 1. The van der Waals surface area contributed by atoms with Crippen molar-refractivity contribution in [1.82, 2.24) is 0 Å². The van der Waals surface area contributed by atoms with Crippen molar-refractivity contribution in [2.45, 2.75) is 85.5 Å². The minimum absolute atomic E-state index is 0.0377. The first-order chi connectivity index (χ1) is 12.1. The SMILES string of the molecule is C=C1CCC2CC(C3(C)CC(C(=N)C(F)F)=C(C)CC3CC)CCC12C. The molecule has 26 heavy (non-hydrogen) atoms. The van der Waals surface area contributed by atoms with E-state index in [9.17, 15) is 8.78 Å². The van der Waals surface area contributed by atoms with Crippen LogP contribution in [-0.4, -0.2) is 12.1 Å². The molecule has 5 unspecified atom stereocenters. The van der Waals surface area contributed by atoms with E-state index in [1.54, 1.807) is 0 Å². The summed E-state index contributed by atoms with van der Waals surface area (Å²) in [7, 11) is 0.